The van der Waals surface area contributed by atoms with Crippen LogP contribution in [0, 0.1) is 5.92 Å². The van der Waals surface area contributed by atoms with Crippen LogP contribution in [0.1, 0.15) is 34.1 Å². The zero-order valence-electron chi connectivity index (χ0n) is 10.7. The van der Waals surface area contributed by atoms with E-state index in [0.717, 1.165) is 6.54 Å². The van der Waals surface area contributed by atoms with Crippen LogP contribution in [-0.4, -0.2) is 4.57 Å². The predicted octanol–water partition coefficient (Wildman–Crippen LogP) is 4.18. The normalized spacial score (nSPS) is 21.1. The molecule has 0 saturated carbocycles. The second kappa shape index (κ2) is 4.32. The molecule has 1 heterocycles. The highest BCUT2D eigenvalue weighted by Gasteiger charge is 2.22. The van der Waals surface area contributed by atoms with Gasteiger partial charge >= 0.3 is 0 Å². The molecular formula is C15H21N. The molecule has 0 amide bonds. The van der Waals surface area contributed by atoms with Crippen molar-refractivity contribution in [3.8, 4) is 0 Å². The molecule has 1 aliphatic rings. The van der Waals surface area contributed by atoms with E-state index in [4.69, 9.17) is 0 Å². The van der Waals surface area contributed by atoms with Crippen molar-refractivity contribution >= 4 is 0 Å². The van der Waals surface area contributed by atoms with Gasteiger partial charge in [-0.05, 0) is 56.4 Å². The van der Waals surface area contributed by atoms with Crippen molar-refractivity contribution in [2.45, 2.75) is 40.7 Å². The highest BCUT2D eigenvalue weighted by molar-refractivity contribution is 5.46. The van der Waals surface area contributed by atoms with Crippen LogP contribution in [0.25, 0.3) is 0 Å². The first-order valence-electron chi connectivity index (χ1n) is 6.09. The third-order valence-electron chi connectivity index (χ3n) is 4.11. The van der Waals surface area contributed by atoms with Gasteiger partial charge in [-0.1, -0.05) is 18.1 Å². The fourth-order valence-corrected chi connectivity index (χ4v) is 2.62. The van der Waals surface area contributed by atoms with E-state index in [1.54, 1.807) is 11.1 Å². The molecular weight excluding hydrogens is 194 g/mol. The number of hydrogen-bond donors (Lipinski definition) is 0. The van der Waals surface area contributed by atoms with Gasteiger partial charge in [0.2, 0.25) is 0 Å². The minimum atomic E-state index is 0.649. The van der Waals surface area contributed by atoms with Crippen LogP contribution in [0.4, 0.5) is 0 Å². The van der Waals surface area contributed by atoms with Gasteiger partial charge in [-0.2, -0.15) is 0 Å². The summed E-state index contributed by atoms with van der Waals surface area (Å²) in [6, 6.07) is 4.18. The fourth-order valence-electron chi connectivity index (χ4n) is 2.62. The zero-order valence-corrected chi connectivity index (χ0v) is 10.7. The summed E-state index contributed by atoms with van der Waals surface area (Å²) in [7, 11) is 0. The summed E-state index contributed by atoms with van der Waals surface area (Å²) in [4.78, 5) is 0. The Balaban J connectivity index is 2.07. The van der Waals surface area contributed by atoms with Crippen LogP contribution in [0.5, 0.6) is 0 Å². The molecule has 0 aliphatic heterocycles. The molecule has 2 rings (SSSR count). The summed E-state index contributed by atoms with van der Waals surface area (Å²) in [5, 5.41) is 0. The largest absolute Gasteiger partial charge is 0.354 e. The highest BCUT2D eigenvalue weighted by Crippen LogP contribution is 2.38. The molecule has 1 aromatic rings. The molecule has 1 nitrogen and oxygen atoms in total. The van der Waals surface area contributed by atoms with Gasteiger partial charge in [-0.15, -0.1) is 0 Å². The van der Waals surface area contributed by atoms with Crippen LogP contribution in [0.15, 0.2) is 46.8 Å². The number of allylic oxidation sites excluding steroid dienone is 4. The molecule has 0 spiro atoms. The Morgan fingerprint density at radius 3 is 2.19 bits per heavy atom. The monoisotopic (exact) mass is 215 g/mol. The lowest BCUT2D eigenvalue weighted by Gasteiger charge is -2.13. The van der Waals surface area contributed by atoms with Crippen LogP contribution in [0.2, 0.25) is 0 Å². The van der Waals surface area contributed by atoms with E-state index in [9.17, 15) is 0 Å². The molecule has 1 atom stereocenters. The summed E-state index contributed by atoms with van der Waals surface area (Å²) in [5.74, 6) is 0.649. The second-order valence-electron chi connectivity index (χ2n) is 4.85. The van der Waals surface area contributed by atoms with E-state index in [1.165, 1.54) is 17.6 Å². The Hall–Kier alpha value is -1.24. The second-order valence-corrected chi connectivity index (χ2v) is 4.85. The minimum absolute atomic E-state index is 0.649. The van der Waals surface area contributed by atoms with Crippen molar-refractivity contribution in [3.63, 3.8) is 0 Å². The van der Waals surface area contributed by atoms with E-state index in [1.807, 2.05) is 0 Å². The van der Waals surface area contributed by atoms with Crippen molar-refractivity contribution in [2.75, 3.05) is 0 Å². The number of rotatable bonds is 3. The Bertz CT molecular complexity index is 432. The lowest BCUT2D eigenvalue weighted by Crippen LogP contribution is -2.02. The van der Waals surface area contributed by atoms with Crippen LogP contribution >= 0.6 is 0 Å². The smallest absolute Gasteiger partial charge is 0.0257 e. The van der Waals surface area contributed by atoms with Gasteiger partial charge in [0, 0.05) is 18.9 Å². The zero-order chi connectivity index (χ0) is 11.7. The van der Waals surface area contributed by atoms with Crippen LogP contribution in [0.3, 0.4) is 0 Å². The van der Waals surface area contributed by atoms with Crippen molar-refractivity contribution in [2.24, 2.45) is 5.92 Å². The Morgan fingerprint density at radius 1 is 1.06 bits per heavy atom. The topological polar surface area (TPSA) is 4.93 Å². The molecule has 0 aromatic carbocycles. The van der Waals surface area contributed by atoms with E-state index in [-0.39, 0.29) is 0 Å². The third-order valence-corrected chi connectivity index (χ3v) is 4.11. The average Bonchev–Trinajstić information content (AvgIpc) is 2.84. The first kappa shape index (κ1) is 11.3. The molecule has 1 aliphatic carbocycles. The van der Waals surface area contributed by atoms with Crippen LogP contribution < -0.4 is 0 Å². The molecule has 16 heavy (non-hydrogen) atoms. The molecule has 1 heteroatoms. The molecule has 86 valence electrons. The summed E-state index contributed by atoms with van der Waals surface area (Å²) in [6.45, 7) is 10.2. The number of aromatic nitrogens is 1. The number of aryl methyl sites for hydroxylation is 1. The summed E-state index contributed by atoms with van der Waals surface area (Å²) < 4.78 is 2.26. The molecule has 1 unspecified atom stereocenters. The summed E-state index contributed by atoms with van der Waals surface area (Å²) in [5.41, 5.74) is 6.22. The average molecular weight is 215 g/mol. The third kappa shape index (κ3) is 1.87. The first-order chi connectivity index (χ1) is 7.61. The van der Waals surface area contributed by atoms with E-state index < -0.39 is 0 Å². The molecule has 1 aromatic heterocycles. The maximum absolute atomic E-state index is 2.33. The predicted molar refractivity (Wildman–Crippen MR) is 69.3 cm³/mol. The SMILES string of the molecule is CC1=C(C)C(C)C(CCn2cccc2)=C1C. The lowest BCUT2D eigenvalue weighted by atomic mass is 9.95. The van der Waals surface area contributed by atoms with Crippen LogP contribution in [-0.2, 0) is 6.54 Å². The van der Waals surface area contributed by atoms with E-state index in [2.05, 4.69) is 56.8 Å². The van der Waals surface area contributed by atoms with Gasteiger partial charge in [-0.3, -0.25) is 0 Å². The maximum Gasteiger partial charge on any atom is 0.0257 e. The Labute approximate surface area is 98.5 Å². The number of nitrogens with zero attached hydrogens (tertiary/aromatic N) is 1. The lowest BCUT2D eigenvalue weighted by molar-refractivity contribution is 0.648. The Morgan fingerprint density at radius 2 is 1.69 bits per heavy atom. The maximum atomic E-state index is 2.33. The Kier molecular flexibility index (Phi) is 3.04. The molecule has 0 saturated heterocycles. The van der Waals surface area contributed by atoms with Gasteiger partial charge in [-0.25, -0.2) is 0 Å². The summed E-state index contributed by atoms with van der Waals surface area (Å²) >= 11 is 0. The van der Waals surface area contributed by atoms with E-state index >= 15 is 0 Å². The molecule has 0 bridgehead atoms. The van der Waals surface area contributed by atoms with Gasteiger partial charge in [0.05, 0.1) is 0 Å². The fraction of sp³-hybridized carbons (Fsp3) is 0.467. The van der Waals surface area contributed by atoms with Crippen molar-refractivity contribution < 1.29 is 0 Å². The van der Waals surface area contributed by atoms with Crippen molar-refractivity contribution in [1.29, 1.82) is 0 Å². The van der Waals surface area contributed by atoms with Crippen molar-refractivity contribution in [3.05, 3.63) is 46.8 Å². The minimum Gasteiger partial charge on any atom is -0.354 e. The first-order valence-corrected chi connectivity index (χ1v) is 6.09. The van der Waals surface area contributed by atoms with Gasteiger partial charge in [0.1, 0.15) is 0 Å². The van der Waals surface area contributed by atoms with Crippen molar-refractivity contribution in [1.82, 2.24) is 4.57 Å². The number of hydrogen-bond acceptors (Lipinski definition) is 0. The van der Waals surface area contributed by atoms with Gasteiger partial charge < -0.3 is 4.57 Å². The van der Waals surface area contributed by atoms with E-state index in [0.29, 0.717) is 5.92 Å². The molecule has 0 fully saturated rings. The van der Waals surface area contributed by atoms with Gasteiger partial charge in [0.25, 0.3) is 0 Å². The summed E-state index contributed by atoms with van der Waals surface area (Å²) in [6.07, 6.45) is 5.46. The quantitative estimate of drug-likeness (QED) is 0.712. The standard InChI is InChI=1S/C15H21N/c1-11-12(2)14(4)15(13(11)3)7-10-16-8-5-6-9-16/h5-6,8-9,13H,7,10H2,1-4H3. The highest BCUT2D eigenvalue weighted by atomic mass is 14.9. The van der Waals surface area contributed by atoms with Gasteiger partial charge in [0.15, 0.2) is 0 Å². The molecule has 0 N–H and O–H groups in total. The molecule has 0 radical (unpaired) electrons.